The highest BCUT2D eigenvalue weighted by Crippen LogP contribution is 2.26. The van der Waals surface area contributed by atoms with Gasteiger partial charge in [0.05, 0.1) is 5.69 Å². The van der Waals surface area contributed by atoms with Crippen molar-refractivity contribution in [3.8, 4) is 0 Å². The van der Waals surface area contributed by atoms with E-state index in [4.69, 9.17) is 5.73 Å². The number of nitrogens with two attached hydrogens (primary N) is 1. The average molecular weight is 342 g/mol. The molecule has 0 amide bonds. The number of nitrogens with zero attached hydrogens (tertiary/aromatic N) is 1. The number of nitrogens with one attached hydrogen (secondary N) is 1. The molecule has 1 heterocycles. The van der Waals surface area contributed by atoms with E-state index in [0.717, 1.165) is 10.0 Å². The van der Waals surface area contributed by atoms with Gasteiger partial charge in [-0.2, -0.15) is 0 Å². The van der Waals surface area contributed by atoms with Crippen LogP contribution >= 0.6 is 15.9 Å². The van der Waals surface area contributed by atoms with E-state index in [1.54, 1.807) is 12.1 Å². The molecule has 0 aliphatic carbocycles. The normalized spacial score (nSPS) is 11.3. The minimum atomic E-state index is -3.74. The van der Waals surface area contributed by atoms with E-state index in [9.17, 15) is 8.42 Å². The summed E-state index contributed by atoms with van der Waals surface area (Å²) >= 11 is 3.35. The maximum absolute atomic E-state index is 12.2. The Morgan fingerprint density at radius 1 is 1.26 bits per heavy atom. The third kappa shape index (κ3) is 2.87. The summed E-state index contributed by atoms with van der Waals surface area (Å²) in [6.07, 6.45) is 1.44. The predicted molar refractivity (Wildman–Crippen MR) is 78.3 cm³/mol. The van der Waals surface area contributed by atoms with Gasteiger partial charge in [-0.1, -0.05) is 22.0 Å². The first kappa shape index (κ1) is 13.8. The van der Waals surface area contributed by atoms with E-state index in [0.29, 0.717) is 5.69 Å². The lowest BCUT2D eigenvalue weighted by Gasteiger charge is -2.12. The van der Waals surface area contributed by atoms with Crippen LogP contribution in [0.15, 0.2) is 45.9 Å². The third-order valence-corrected chi connectivity index (χ3v) is 4.87. The number of aromatic nitrogens is 1. The topological polar surface area (TPSA) is 85.1 Å². The van der Waals surface area contributed by atoms with Crippen molar-refractivity contribution in [2.24, 2.45) is 0 Å². The van der Waals surface area contributed by atoms with Crippen molar-refractivity contribution in [1.29, 1.82) is 0 Å². The quantitative estimate of drug-likeness (QED) is 0.898. The maximum Gasteiger partial charge on any atom is 0.265 e. The molecule has 0 bridgehead atoms. The number of halogens is 1. The Labute approximate surface area is 120 Å². The Balaban J connectivity index is 2.43. The highest BCUT2D eigenvalue weighted by Gasteiger charge is 2.19. The zero-order valence-electron chi connectivity index (χ0n) is 10.1. The summed E-state index contributed by atoms with van der Waals surface area (Å²) in [6, 6.07) is 8.22. The Morgan fingerprint density at radius 3 is 2.68 bits per heavy atom. The summed E-state index contributed by atoms with van der Waals surface area (Å²) in [5.41, 5.74) is 6.89. The monoisotopic (exact) mass is 341 g/mol. The van der Waals surface area contributed by atoms with Crippen molar-refractivity contribution in [2.75, 3.05) is 10.5 Å². The van der Waals surface area contributed by atoms with E-state index in [1.807, 2.05) is 13.0 Å². The van der Waals surface area contributed by atoms with Crippen LogP contribution in [0.1, 0.15) is 5.56 Å². The number of benzene rings is 1. The van der Waals surface area contributed by atoms with Crippen molar-refractivity contribution in [1.82, 2.24) is 4.98 Å². The molecular weight excluding hydrogens is 330 g/mol. The van der Waals surface area contributed by atoms with Gasteiger partial charge in [0.1, 0.15) is 10.7 Å². The van der Waals surface area contributed by atoms with Crippen LogP contribution in [0.4, 0.5) is 11.5 Å². The first-order valence-electron chi connectivity index (χ1n) is 5.40. The minimum absolute atomic E-state index is 0.0253. The predicted octanol–water partition coefficient (Wildman–Crippen LogP) is 2.54. The molecule has 0 saturated carbocycles. The van der Waals surface area contributed by atoms with Gasteiger partial charge in [-0.3, -0.25) is 4.72 Å². The van der Waals surface area contributed by atoms with Crippen molar-refractivity contribution in [3.63, 3.8) is 0 Å². The lowest BCUT2D eigenvalue weighted by Crippen LogP contribution is -2.16. The summed E-state index contributed by atoms with van der Waals surface area (Å²) in [5.74, 6) is -0.0253. The van der Waals surface area contributed by atoms with E-state index in [2.05, 4.69) is 25.6 Å². The van der Waals surface area contributed by atoms with Crippen LogP contribution in [0.3, 0.4) is 0 Å². The van der Waals surface area contributed by atoms with Gasteiger partial charge >= 0.3 is 0 Å². The number of pyridine rings is 1. The SMILES string of the molecule is Cc1c(Br)cccc1NS(=O)(=O)c1cccnc1N. The highest BCUT2D eigenvalue weighted by atomic mass is 79.9. The van der Waals surface area contributed by atoms with Crippen LogP contribution in [0.25, 0.3) is 0 Å². The smallest absolute Gasteiger partial charge is 0.265 e. The fraction of sp³-hybridized carbons (Fsp3) is 0.0833. The van der Waals surface area contributed by atoms with Crippen LogP contribution in [-0.2, 0) is 10.0 Å². The molecule has 0 atom stereocenters. The molecule has 3 N–H and O–H groups in total. The maximum atomic E-state index is 12.2. The van der Waals surface area contributed by atoms with Gasteiger partial charge in [-0.25, -0.2) is 13.4 Å². The summed E-state index contributed by atoms with van der Waals surface area (Å²) < 4.78 is 27.8. The number of nitrogen functional groups attached to an aromatic ring is 1. The number of hydrogen-bond acceptors (Lipinski definition) is 4. The van der Waals surface area contributed by atoms with Crippen LogP contribution in [0.5, 0.6) is 0 Å². The molecule has 0 unspecified atom stereocenters. The number of sulfonamides is 1. The van der Waals surface area contributed by atoms with Crippen LogP contribution < -0.4 is 10.5 Å². The minimum Gasteiger partial charge on any atom is -0.383 e. The molecule has 0 aliphatic heterocycles. The molecule has 0 fully saturated rings. The van der Waals surface area contributed by atoms with E-state index in [1.165, 1.54) is 18.3 Å². The molecule has 1 aromatic heterocycles. The highest BCUT2D eigenvalue weighted by molar-refractivity contribution is 9.10. The Morgan fingerprint density at radius 2 is 2.00 bits per heavy atom. The fourth-order valence-corrected chi connectivity index (χ4v) is 3.12. The molecule has 0 aliphatic rings. The van der Waals surface area contributed by atoms with Gasteiger partial charge in [0.15, 0.2) is 0 Å². The first-order valence-corrected chi connectivity index (χ1v) is 7.68. The fourth-order valence-electron chi connectivity index (χ4n) is 1.55. The number of hydrogen-bond donors (Lipinski definition) is 2. The van der Waals surface area contributed by atoms with Gasteiger partial charge < -0.3 is 5.73 Å². The Hall–Kier alpha value is -1.60. The summed E-state index contributed by atoms with van der Waals surface area (Å²) in [5, 5.41) is 0. The average Bonchev–Trinajstić information content (AvgIpc) is 2.35. The van der Waals surface area contributed by atoms with Crippen molar-refractivity contribution >= 4 is 37.5 Å². The molecule has 0 saturated heterocycles. The summed E-state index contributed by atoms with van der Waals surface area (Å²) in [6.45, 7) is 1.81. The van der Waals surface area contributed by atoms with Gasteiger partial charge in [0.25, 0.3) is 10.0 Å². The number of rotatable bonds is 3. The Bertz CT molecular complexity index is 717. The molecule has 100 valence electrons. The second-order valence-corrected chi connectivity index (χ2v) is 6.41. The Kier molecular flexibility index (Phi) is 3.77. The van der Waals surface area contributed by atoms with Gasteiger partial charge in [-0.15, -0.1) is 0 Å². The van der Waals surface area contributed by atoms with Crippen LogP contribution in [-0.4, -0.2) is 13.4 Å². The molecule has 5 nitrogen and oxygen atoms in total. The lowest BCUT2D eigenvalue weighted by molar-refractivity contribution is 0.601. The molecule has 2 rings (SSSR count). The van der Waals surface area contributed by atoms with Gasteiger partial charge in [-0.05, 0) is 36.8 Å². The largest absolute Gasteiger partial charge is 0.383 e. The van der Waals surface area contributed by atoms with Crippen molar-refractivity contribution < 1.29 is 8.42 Å². The molecule has 7 heteroatoms. The zero-order valence-corrected chi connectivity index (χ0v) is 12.5. The first-order chi connectivity index (χ1) is 8.92. The van der Waals surface area contributed by atoms with Gasteiger partial charge in [0.2, 0.25) is 0 Å². The molecule has 0 radical (unpaired) electrons. The van der Waals surface area contributed by atoms with E-state index in [-0.39, 0.29) is 10.7 Å². The summed E-state index contributed by atoms with van der Waals surface area (Å²) in [7, 11) is -3.74. The van der Waals surface area contributed by atoms with E-state index < -0.39 is 10.0 Å². The molecule has 0 spiro atoms. The van der Waals surface area contributed by atoms with Gasteiger partial charge in [0, 0.05) is 10.7 Å². The molecule has 19 heavy (non-hydrogen) atoms. The zero-order chi connectivity index (χ0) is 14.0. The second kappa shape index (κ2) is 5.18. The summed E-state index contributed by atoms with van der Waals surface area (Å²) in [4.78, 5) is 3.74. The van der Waals surface area contributed by atoms with Crippen LogP contribution in [0.2, 0.25) is 0 Å². The third-order valence-electron chi connectivity index (χ3n) is 2.60. The second-order valence-electron chi connectivity index (χ2n) is 3.90. The lowest BCUT2D eigenvalue weighted by atomic mass is 10.2. The standard InChI is InChI=1S/C12H12BrN3O2S/c1-8-9(13)4-2-5-10(8)16-19(17,18)11-6-3-7-15-12(11)14/h2-7,16H,1H3,(H2,14,15). The number of anilines is 2. The van der Waals surface area contributed by atoms with E-state index >= 15 is 0 Å². The molecular formula is C12H12BrN3O2S. The molecule has 1 aromatic carbocycles. The van der Waals surface area contributed by atoms with Crippen molar-refractivity contribution in [2.45, 2.75) is 11.8 Å². The van der Waals surface area contributed by atoms with Crippen molar-refractivity contribution in [3.05, 3.63) is 46.6 Å². The molecule has 2 aromatic rings. The van der Waals surface area contributed by atoms with Crippen LogP contribution in [0, 0.1) is 6.92 Å².